The number of fused-ring (bicyclic) bond motifs is 9. The van der Waals surface area contributed by atoms with Gasteiger partial charge in [0.25, 0.3) is 0 Å². The number of allylic oxidation sites excluding steroid dienone is 1. The molecule has 9 nitrogen and oxygen atoms in total. The SMILES string of the molecule is Cc1nc2cc3nn2c(c1C(OC(C)(C)C)C(=O)O)N1CCC(C)(CC1)OCCCCC(C)Oc1cc(F)ccc1CC=C3. The first-order valence-corrected chi connectivity index (χ1v) is 15.6. The molecule has 1 N–H and O–H groups in total. The highest BCUT2D eigenvalue weighted by molar-refractivity contribution is 5.78. The molecule has 3 aliphatic heterocycles. The highest BCUT2D eigenvalue weighted by Crippen LogP contribution is 2.38. The lowest BCUT2D eigenvalue weighted by molar-refractivity contribution is -0.160. The third kappa shape index (κ3) is 7.41. The Hall–Kier alpha value is -3.50. The molecule has 44 heavy (non-hydrogen) atoms. The second-order valence-electron chi connectivity index (χ2n) is 13.3. The Kier molecular flexibility index (Phi) is 9.32. The minimum absolute atomic E-state index is 0.0544. The molecular weight excluding hydrogens is 563 g/mol. The van der Waals surface area contributed by atoms with Gasteiger partial charge in [-0.1, -0.05) is 12.1 Å². The topological polar surface area (TPSA) is 98.4 Å². The van der Waals surface area contributed by atoms with Crippen LogP contribution in [0.5, 0.6) is 5.75 Å². The Morgan fingerprint density at radius 1 is 1.20 bits per heavy atom. The molecule has 0 amide bonds. The van der Waals surface area contributed by atoms with Gasteiger partial charge < -0.3 is 24.2 Å². The zero-order valence-electron chi connectivity index (χ0n) is 26.7. The molecule has 4 bridgehead atoms. The number of benzene rings is 1. The number of rotatable bonds is 3. The second kappa shape index (κ2) is 12.9. The van der Waals surface area contributed by atoms with Crippen molar-refractivity contribution in [3.63, 3.8) is 0 Å². The van der Waals surface area contributed by atoms with Gasteiger partial charge in [-0.3, -0.25) is 0 Å². The molecule has 2 unspecified atom stereocenters. The van der Waals surface area contributed by atoms with E-state index in [0.717, 1.165) is 37.7 Å². The van der Waals surface area contributed by atoms with Crippen LogP contribution >= 0.6 is 0 Å². The predicted molar refractivity (Wildman–Crippen MR) is 168 cm³/mol. The Bertz CT molecular complexity index is 1520. The Balaban J connectivity index is 1.60. The van der Waals surface area contributed by atoms with E-state index in [1.165, 1.54) is 12.1 Å². The molecule has 0 saturated carbocycles. The molecule has 2 atom stereocenters. The lowest BCUT2D eigenvalue weighted by atomic mass is 9.92. The van der Waals surface area contributed by atoms with Crippen LogP contribution in [-0.2, 0) is 20.7 Å². The molecule has 1 fully saturated rings. The third-order valence-corrected chi connectivity index (χ3v) is 8.34. The predicted octanol–water partition coefficient (Wildman–Crippen LogP) is 6.70. The highest BCUT2D eigenvalue weighted by atomic mass is 19.1. The van der Waals surface area contributed by atoms with E-state index in [9.17, 15) is 14.3 Å². The van der Waals surface area contributed by atoms with Gasteiger partial charge in [-0.2, -0.15) is 9.61 Å². The molecule has 6 rings (SSSR count). The first-order valence-electron chi connectivity index (χ1n) is 15.6. The quantitative estimate of drug-likeness (QED) is 0.351. The fourth-order valence-corrected chi connectivity index (χ4v) is 5.99. The van der Waals surface area contributed by atoms with Crippen molar-refractivity contribution in [3.8, 4) is 5.75 Å². The van der Waals surface area contributed by atoms with Crippen LogP contribution in [0.2, 0.25) is 0 Å². The normalized spacial score (nSPS) is 22.5. The van der Waals surface area contributed by atoms with E-state index in [4.69, 9.17) is 24.3 Å². The summed E-state index contributed by atoms with van der Waals surface area (Å²) in [5.74, 6) is -0.177. The van der Waals surface area contributed by atoms with Crippen LogP contribution in [0.15, 0.2) is 30.3 Å². The Morgan fingerprint density at radius 2 is 1.95 bits per heavy atom. The molecule has 1 saturated heterocycles. The van der Waals surface area contributed by atoms with E-state index in [2.05, 4.69) is 11.8 Å². The zero-order chi connectivity index (χ0) is 31.6. The fourth-order valence-electron chi connectivity index (χ4n) is 5.99. The molecule has 5 heterocycles. The molecular formula is C34H45FN4O5. The van der Waals surface area contributed by atoms with Gasteiger partial charge in [0.05, 0.1) is 28.6 Å². The molecule has 0 radical (unpaired) electrons. The van der Waals surface area contributed by atoms with Gasteiger partial charge in [0, 0.05) is 37.5 Å². The van der Waals surface area contributed by atoms with Crippen LogP contribution < -0.4 is 9.64 Å². The van der Waals surface area contributed by atoms with E-state index < -0.39 is 17.7 Å². The van der Waals surface area contributed by atoms with Crippen LogP contribution in [0.1, 0.15) is 95.3 Å². The molecule has 3 aliphatic rings. The molecule has 2 aromatic heterocycles. The van der Waals surface area contributed by atoms with Crippen molar-refractivity contribution in [1.82, 2.24) is 14.6 Å². The molecule has 238 valence electrons. The number of carbonyl (C=O) groups is 1. The summed E-state index contributed by atoms with van der Waals surface area (Å²) >= 11 is 0. The number of halogens is 1. The molecule has 0 aliphatic carbocycles. The minimum atomic E-state index is -1.22. The van der Waals surface area contributed by atoms with Crippen molar-refractivity contribution in [2.24, 2.45) is 0 Å². The van der Waals surface area contributed by atoms with E-state index >= 15 is 0 Å². The summed E-state index contributed by atoms with van der Waals surface area (Å²) in [5, 5.41) is 15.3. The first kappa shape index (κ1) is 31.9. The summed E-state index contributed by atoms with van der Waals surface area (Å²) in [5.41, 5.74) is 2.29. The van der Waals surface area contributed by atoms with Gasteiger partial charge in [0.1, 0.15) is 17.4 Å². The van der Waals surface area contributed by atoms with Crippen LogP contribution in [0.25, 0.3) is 11.7 Å². The summed E-state index contributed by atoms with van der Waals surface area (Å²) in [7, 11) is 0. The maximum absolute atomic E-state index is 14.2. The summed E-state index contributed by atoms with van der Waals surface area (Å²) in [6, 6.07) is 6.54. The zero-order valence-corrected chi connectivity index (χ0v) is 26.7. The second-order valence-corrected chi connectivity index (χ2v) is 13.3. The molecule has 10 heteroatoms. The first-order chi connectivity index (χ1) is 20.8. The Labute approximate surface area is 259 Å². The summed E-state index contributed by atoms with van der Waals surface area (Å²) in [6.07, 6.45) is 7.38. The average molecular weight is 609 g/mol. The maximum Gasteiger partial charge on any atom is 0.337 e. The van der Waals surface area contributed by atoms with E-state index in [1.54, 1.807) is 10.6 Å². The highest BCUT2D eigenvalue weighted by Gasteiger charge is 2.37. The van der Waals surface area contributed by atoms with Crippen molar-refractivity contribution in [2.45, 2.75) is 103 Å². The van der Waals surface area contributed by atoms with Gasteiger partial charge in [-0.15, -0.1) is 0 Å². The number of ether oxygens (including phenoxy) is 3. The van der Waals surface area contributed by atoms with Crippen LogP contribution in [-0.4, -0.2) is 62.7 Å². The van der Waals surface area contributed by atoms with Crippen molar-refractivity contribution in [3.05, 3.63) is 58.7 Å². The van der Waals surface area contributed by atoms with Crippen molar-refractivity contribution in [1.29, 1.82) is 0 Å². The number of carboxylic acid groups (broad SMARTS) is 1. The molecule has 0 spiro atoms. The standard InChI is InChI=1S/C34H45FN4O5/c1-22-10-7-8-19-42-34(6)15-17-38(18-16-34)31-29(30(32(40)41)44-33(3,4)5)23(2)36-28-21-26(37-39(28)31)12-9-11-24-13-14-25(35)20-27(24)43-22/h9,12-14,20-22,30H,7-8,10-11,15-19H2,1-6H3,(H,40,41). The van der Waals surface area contributed by atoms with Gasteiger partial charge in [0.2, 0.25) is 0 Å². The van der Waals surface area contributed by atoms with Crippen LogP contribution in [0.4, 0.5) is 10.2 Å². The molecule has 1 aromatic carbocycles. The number of aromatic nitrogens is 3. The van der Waals surface area contributed by atoms with Crippen molar-refractivity contribution in [2.75, 3.05) is 24.6 Å². The lowest BCUT2D eigenvalue weighted by Crippen LogP contribution is -2.46. The van der Waals surface area contributed by atoms with E-state index in [1.807, 2.05) is 52.8 Å². The van der Waals surface area contributed by atoms with Gasteiger partial charge in [-0.05, 0) is 97.8 Å². The van der Waals surface area contributed by atoms with Gasteiger partial charge in [0.15, 0.2) is 11.8 Å². The summed E-state index contributed by atoms with van der Waals surface area (Å²) < 4.78 is 34.7. The monoisotopic (exact) mass is 608 g/mol. The maximum atomic E-state index is 14.2. The lowest BCUT2D eigenvalue weighted by Gasteiger charge is -2.41. The number of hydrogen-bond acceptors (Lipinski definition) is 7. The van der Waals surface area contributed by atoms with E-state index in [-0.39, 0.29) is 17.5 Å². The van der Waals surface area contributed by atoms with Crippen molar-refractivity contribution >= 4 is 23.5 Å². The number of hydrogen-bond donors (Lipinski definition) is 1. The number of aryl methyl sites for hydroxylation is 1. The summed E-state index contributed by atoms with van der Waals surface area (Å²) in [6.45, 7) is 13.5. The Morgan fingerprint density at radius 3 is 2.66 bits per heavy atom. The third-order valence-electron chi connectivity index (χ3n) is 8.34. The van der Waals surface area contributed by atoms with Crippen molar-refractivity contribution < 1.29 is 28.5 Å². The summed E-state index contributed by atoms with van der Waals surface area (Å²) in [4.78, 5) is 19.7. The number of carboxylic acids is 1. The minimum Gasteiger partial charge on any atom is -0.490 e. The van der Waals surface area contributed by atoms with Crippen LogP contribution in [0, 0.1) is 12.7 Å². The van der Waals surface area contributed by atoms with Crippen LogP contribution in [0.3, 0.4) is 0 Å². The number of piperidine rings is 1. The average Bonchev–Trinajstić information content (AvgIpc) is 3.34. The number of aliphatic carboxylic acids is 1. The van der Waals surface area contributed by atoms with E-state index in [0.29, 0.717) is 60.3 Å². The number of nitrogens with zero attached hydrogens (tertiary/aromatic N) is 4. The number of anilines is 1. The smallest absolute Gasteiger partial charge is 0.337 e. The fraction of sp³-hybridized carbons (Fsp3) is 0.559. The van der Waals surface area contributed by atoms with Gasteiger partial charge >= 0.3 is 5.97 Å². The molecule has 3 aromatic rings. The largest absolute Gasteiger partial charge is 0.490 e. The van der Waals surface area contributed by atoms with Gasteiger partial charge in [-0.25, -0.2) is 14.2 Å².